The van der Waals surface area contributed by atoms with Crippen molar-refractivity contribution < 1.29 is 19.1 Å². The van der Waals surface area contributed by atoms with Crippen molar-refractivity contribution in [3.63, 3.8) is 0 Å². The van der Waals surface area contributed by atoms with Crippen LogP contribution in [-0.2, 0) is 4.79 Å². The van der Waals surface area contributed by atoms with E-state index in [0.717, 1.165) is 5.56 Å². The van der Waals surface area contributed by atoms with E-state index in [-0.39, 0.29) is 21.8 Å². The second kappa shape index (κ2) is 12.3. The minimum absolute atomic E-state index is 0.131. The summed E-state index contributed by atoms with van der Waals surface area (Å²) in [6, 6.07) is 18.1. The van der Waals surface area contributed by atoms with Gasteiger partial charge >= 0.3 is 0 Å². The van der Waals surface area contributed by atoms with Gasteiger partial charge in [0.05, 0.1) is 5.02 Å². The van der Waals surface area contributed by atoms with E-state index in [2.05, 4.69) is 21.5 Å². The van der Waals surface area contributed by atoms with E-state index in [1.165, 1.54) is 25.1 Å². The van der Waals surface area contributed by atoms with Crippen LogP contribution in [0.15, 0.2) is 66.7 Å². The molecule has 36 heavy (non-hydrogen) atoms. The Bertz CT molecular complexity index is 1300. The van der Waals surface area contributed by atoms with E-state index in [0.29, 0.717) is 21.8 Å². The van der Waals surface area contributed by atoms with Crippen molar-refractivity contribution >= 4 is 63.9 Å². The largest absolute Gasteiger partial charge is 0.479 e. The Hall–Kier alpha value is -3.66. The molecule has 3 amide bonds. The Balaban J connectivity index is 1.46. The molecule has 0 aliphatic carbocycles. The Labute approximate surface area is 223 Å². The van der Waals surface area contributed by atoms with Crippen LogP contribution in [0.3, 0.4) is 0 Å². The highest BCUT2D eigenvalue weighted by atomic mass is 35.5. The van der Waals surface area contributed by atoms with Gasteiger partial charge in [0.25, 0.3) is 17.7 Å². The highest BCUT2D eigenvalue weighted by molar-refractivity contribution is 7.80. The molecule has 3 aromatic rings. The van der Waals surface area contributed by atoms with Crippen LogP contribution in [0.4, 0.5) is 5.69 Å². The van der Waals surface area contributed by atoms with Gasteiger partial charge in [0.1, 0.15) is 5.75 Å². The second-order valence-electron chi connectivity index (χ2n) is 7.63. The lowest BCUT2D eigenvalue weighted by atomic mass is 10.1. The third kappa shape index (κ3) is 7.67. The van der Waals surface area contributed by atoms with Crippen molar-refractivity contribution in [3.8, 4) is 5.75 Å². The second-order valence-corrected chi connectivity index (χ2v) is 8.89. The molecule has 1 atom stereocenters. The predicted molar refractivity (Wildman–Crippen MR) is 143 cm³/mol. The van der Waals surface area contributed by atoms with E-state index < -0.39 is 17.9 Å². The average Bonchev–Trinajstić information content (AvgIpc) is 2.84. The number of hydrogen-bond acceptors (Lipinski definition) is 5. The number of aryl methyl sites for hydroxylation is 1. The van der Waals surface area contributed by atoms with Crippen LogP contribution in [0.25, 0.3) is 0 Å². The highest BCUT2D eigenvalue weighted by Crippen LogP contribution is 2.28. The van der Waals surface area contributed by atoms with Gasteiger partial charge in [0, 0.05) is 21.8 Å². The van der Waals surface area contributed by atoms with Crippen LogP contribution in [0, 0.1) is 6.92 Å². The molecule has 8 nitrogen and oxygen atoms in total. The summed E-state index contributed by atoms with van der Waals surface area (Å²) in [6.07, 6.45) is -0.929. The van der Waals surface area contributed by atoms with E-state index in [1.807, 2.05) is 13.0 Å². The number of thiocarbonyl (C=S) groups is 1. The summed E-state index contributed by atoms with van der Waals surface area (Å²) >= 11 is 16.9. The fraction of sp³-hybridized carbons (Fsp3) is 0.120. The molecule has 0 fully saturated rings. The molecule has 0 aromatic heterocycles. The lowest BCUT2D eigenvalue weighted by Crippen LogP contribution is -2.51. The van der Waals surface area contributed by atoms with Gasteiger partial charge in [-0.25, -0.2) is 0 Å². The third-order valence-corrected chi connectivity index (χ3v) is 5.51. The number of amides is 3. The number of ether oxygens (including phenoxy) is 1. The summed E-state index contributed by atoms with van der Waals surface area (Å²) in [5, 5.41) is 5.75. The Morgan fingerprint density at radius 2 is 1.61 bits per heavy atom. The smallest absolute Gasteiger partial charge is 0.269 e. The molecule has 0 spiro atoms. The first kappa shape index (κ1) is 26.9. The number of hydrogen-bond donors (Lipinski definition) is 4. The maximum atomic E-state index is 12.4. The number of benzene rings is 3. The van der Waals surface area contributed by atoms with Crippen molar-refractivity contribution in [3.05, 3.63) is 93.5 Å². The quantitative estimate of drug-likeness (QED) is 0.265. The molecule has 0 saturated heterocycles. The molecule has 0 heterocycles. The number of rotatable bonds is 6. The number of nitrogens with one attached hydrogen (secondary N) is 4. The number of carbonyl (C=O) groups excluding carboxylic acids is 3. The minimum Gasteiger partial charge on any atom is -0.479 e. The molecule has 186 valence electrons. The van der Waals surface area contributed by atoms with E-state index in [9.17, 15) is 14.4 Å². The molecular formula is C25H22Cl2N4O4S. The number of anilines is 1. The van der Waals surface area contributed by atoms with Gasteiger partial charge in [-0.05, 0) is 80.7 Å². The highest BCUT2D eigenvalue weighted by Gasteiger charge is 2.18. The van der Waals surface area contributed by atoms with Crippen LogP contribution < -0.4 is 26.2 Å². The van der Waals surface area contributed by atoms with E-state index in [1.54, 1.807) is 42.5 Å². The molecule has 0 saturated carbocycles. The SMILES string of the molecule is Cc1cccc(C(=O)Nc2ccc(C(=O)NNC(=S)NC(=O)C(C)Oc3ccc(Cl)cc3Cl)cc2)c1. The number of halogens is 2. The van der Waals surface area contributed by atoms with Crippen molar-refractivity contribution in [1.82, 2.24) is 16.2 Å². The standard InChI is InChI=1S/C25H22Cl2N4O4S/c1-14-4-3-5-17(12-14)23(33)28-19-9-6-16(7-10-19)24(34)30-31-25(36)29-22(32)15(2)35-21-11-8-18(26)13-20(21)27/h3-13,15H,1-2H3,(H,28,33)(H,30,34)(H2,29,31,32,36). The maximum absolute atomic E-state index is 12.4. The van der Waals surface area contributed by atoms with Crippen LogP contribution in [0.1, 0.15) is 33.2 Å². The van der Waals surface area contributed by atoms with Gasteiger partial charge in [-0.1, -0.05) is 40.9 Å². The van der Waals surface area contributed by atoms with Crippen LogP contribution >= 0.6 is 35.4 Å². The first-order valence-electron chi connectivity index (χ1n) is 10.6. The molecule has 0 aliphatic rings. The Morgan fingerprint density at radius 1 is 0.889 bits per heavy atom. The van der Waals surface area contributed by atoms with Crippen molar-refractivity contribution in [2.45, 2.75) is 20.0 Å². The first-order chi connectivity index (χ1) is 17.1. The minimum atomic E-state index is -0.929. The third-order valence-electron chi connectivity index (χ3n) is 4.78. The van der Waals surface area contributed by atoms with Gasteiger partial charge in [-0.3, -0.25) is 30.6 Å². The van der Waals surface area contributed by atoms with E-state index in [4.69, 9.17) is 40.2 Å². The summed E-state index contributed by atoms with van der Waals surface area (Å²) in [4.78, 5) is 37.1. The van der Waals surface area contributed by atoms with Crippen LogP contribution in [0.2, 0.25) is 10.0 Å². The monoisotopic (exact) mass is 544 g/mol. The first-order valence-corrected chi connectivity index (χ1v) is 11.8. The molecule has 0 radical (unpaired) electrons. The number of carbonyl (C=O) groups is 3. The van der Waals surface area contributed by atoms with Gasteiger partial charge in [-0.15, -0.1) is 0 Å². The molecule has 3 rings (SSSR count). The topological polar surface area (TPSA) is 109 Å². The average molecular weight is 545 g/mol. The Morgan fingerprint density at radius 3 is 2.28 bits per heavy atom. The zero-order valence-corrected chi connectivity index (χ0v) is 21.6. The van der Waals surface area contributed by atoms with Crippen LogP contribution in [0.5, 0.6) is 5.75 Å². The molecule has 1 unspecified atom stereocenters. The van der Waals surface area contributed by atoms with Gasteiger partial charge in [0.15, 0.2) is 11.2 Å². The molecule has 3 aromatic carbocycles. The van der Waals surface area contributed by atoms with Gasteiger partial charge in [-0.2, -0.15) is 0 Å². The van der Waals surface area contributed by atoms with Crippen molar-refractivity contribution in [2.75, 3.05) is 5.32 Å². The summed E-state index contributed by atoms with van der Waals surface area (Å²) in [6.45, 7) is 3.42. The van der Waals surface area contributed by atoms with Crippen LogP contribution in [-0.4, -0.2) is 28.9 Å². The lowest BCUT2D eigenvalue weighted by molar-refractivity contribution is -0.125. The Kier molecular flexibility index (Phi) is 9.24. The normalized spacial score (nSPS) is 11.1. The fourth-order valence-electron chi connectivity index (χ4n) is 2.94. The van der Waals surface area contributed by atoms with Gasteiger partial charge < -0.3 is 10.1 Å². The zero-order valence-electron chi connectivity index (χ0n) is 19.2. The summed E-state index contributed by atoms with van der Waals surface area (Å²) in [5.74, 6) is -1.02. The predicted octanol–water partition coefficient (Wildman–Crippen LogP) is 4.66. The molecule has 11 heteroatoms. The number of hydrazine groups is 1. The maximum Gasteiger partial charge on any atom is 0.269 e. The molecule has 0 aliphatic heterocycles. The summed E-state index contributed by atoms with van der Waals surface area (Å²) < 4.78 is 5.52. The van der Waals surface area contributed by atoms with Crippen molar-refractivity contribution in [1.29, 1.82) is 0 Å². The summed E-state index contributed by atoms with van der Waals surface area (Å²) in [5.41, 5.74) is 7.19. The molecular weight excluding hydrogens is 523 g/mol. The molecule has 0 bridgehead atoms. The zero-order chi connectivity index (χ0) is 26.2. The molecule has 4 N–H and O–H groups in total. The lowest BCUT2D eigenvalue weighted by Gasteiger charge is -2.17. The van der Waals surface area contributed by atoms with Gasteiger partial charge in [0.2, 0.25) is 0 Å². The summed E-state index contributed by atoms with van der Waals surface area (Å²) in [7, 11) is 0. The van der Waals surface area contributed by atoms with Crippen molar-refractivity contribution in [2.24, 2.45) is 0 Å². The fourth-order valence-corrected chi connectivity index (χ4v) is 3.54. The van der Waals surface area contributed by atoms with E-state index >= 15 is 0 Å².